The van der Waals surface area contributed by atoms with Crippen molar-refractivity contribution in [2.45, 2.75) is 11.8 Å². The Morgan fingerprint density at radius 2 is 1.85 bits per heavy atom. The van der Waals surface area contributed by atoms with Crippen molar-refractivity contribution < 1.29 is 0 Å². The molecule has 1 aliphatic rings. The summed E-state index contributed by atoms with van der Waals surface area (Å²) >= 11 is 1.61. The highest BCUT2D eigenvalue weighted by Gasteiger charge is 2.37. The number of nitrogens with one attached hydrogen (secondary N) is 1. The molecule has 0 radical (unpaired) electrons. The van der Waals surface area contributed by atoms with Crippen LogP contribution in [0.5, 0.6) is 0 Å². The third-order valence-electron chi connectivity index (χ3n) is 4.92. The van der Waals surface area contributed by atoms with E-state index >= 15 is 0 Å². The molecule has 0 amide bonds. The molecule has 1 unspecified atom stereocenters. The molecule has 26 heavy (non-hydrogen) atoms. The van der Waals surface area contributed by atoms with Crippen molar-refractivity contribution >= 4 is 17.4 Å². The number of H-pyrrole nitrogens is 1. The Morgan fingerprint density at radius 3 is 2.62 bits per heavy atom. The molecule has 0 fully saturated rings. The van der Waals surface area contributed by atoms with Crippen molar-refractivity contribution in [1.82, 2.24) is 20.2 Å². The number of pyridine rings is 1. The first kappa shape index (κ1) is 15.2. The highest BCUT2D eigenvalue weighted by Crippen LogP contribution is 2.42. The van der Waals surface area contributed by atoms with Gasteiger partial charge in [0.1, 0.15) is 10.7 Å². The zero-order valence-corrected chi connectivity index (χ0v) is 14.8. The molecule has 0 saturated carbocycles. The Kier molecular flexibility index (Phi) is 3.53. The van der Waals surface area contributed by atoms with E-state index in [0.717, 1.165) is 34.1 Å². The van der Waals surface area contributed by atoms with E-state index in [0.29, 0.717) is 0 Å². The number of hydrogen-bond acceptors (Lipinski definition) is 4. The summed E-state index contributed by atoms with van der Waals surface area (Å²) in [5.74, 6) is 0. The van der Waals surface area contributed by atoms with Gasteiger partial charge in [0.25, 0.3) is 0 Å². The monoisotopic (exact) mass is 356 g/mol. The molecular formula is C21H16N4S. The number of rotatable bonds is 3. The minimum atomic E-state index is -0.303. The number of hydrogen-bond donors (Lipinski definition) is 1. The summed E-state index contributed by atoms with van der Waals surface area (Å²) in [6.45, 7) is 0. The van der Waals surface area contributed by atoms with Gasteiger partial charge in [0.15, 0.2) is 0 Å². The van der Waals surface area contributed by atoms with Crippen LogP contribution in [0.1, 0.15) is 22.5 Å². The minimum Gasteiger partial charge on any atom is -0.281 e. The molecule has 126 valence electrons. The lowest BCUT2D eigenvalue weighted by molar-refractivity contribution is 0.601. The summed E-state index contributed by atoms with van der Waals surface area (Å²) < 4.78 is 0. The van der Waals surface area contributed by atoms with Gasteiger partial charge in [-0.15, -0.1) is 11.3 Å². The Bertz CT molecular complexity index is 1010. The number of aromatic amines is 1. The van der Waals surface area contributed by atoms with Crippen LogP contribution in [0, 0.1) is 0 Å². The molecule has 1 aromatic carbocycles. The van der Waals surface area contributed by atoms with E-state index in [1.807, 2.05) is 36.0 Å². The third kappa shape index (κ3) is 2.32. The predicted molar refractivity (Wildman–Crippen MR) is 104 cm³/mol. The molecule has 0 bridgehead atoms. The molecule has 1 atom stereocenters. The van der Waals surface area contributed by atoms with Crippen molar-refractivity contribution in [3.05, 3.63) is 94.9 Å². The van der Waals surface area contributed by atoms with Gasteiger partial charge in [0, 0.05) is 35.5 Å². The molecular weight excluding hydrogens is 340 g/mol. The highest BCUT2D eigenvalue weighted by atomic mass is 32.1. The topological polar surface area (TPSA) is 54.5 Å². The number of thiazole rings is 1. The largest absolute Gasteiger partial charge is 0.281 e. The Labute approximate surface area is 155 Å². The first-order chi connectivity index (χ1) is 12.9. The van der Waals surface area contributed by atoms with E-state index in [1.165, 1.54) is 5.56 Å². The van der Waals surface area contributed by atoms with Gasteiger partial charge >= 0.3 is 0 Å². The second-order valence-corrected chi connectivity index (χ2v) is 7.26. The summed E-state index contributed by atoms with van der Waals surface area (Å²) in [5.41, 5.74) is 5.13. The summed E-state index contributed by atoms with van der Waals surface area (Å²) in [4.78, 5) is 9.09. The molecule has 5 heteroatoms. The average Bonchev–Trinajstić information content (AvgIpc) is 3.38. The summed E-state index contributed by atoms with van der Waals surface area (Å²) in [6.07, 6.45) is 8.89. The fourth-order valence-electron chi connectivity index (χ4n) is 3.65. The van der Waals surface area contributed by atoms with E-state index in [9.17, 15) is 0 Å². The van der Waals surface area contributed by atoms with Crippen LogP contribution in [0.3, 0.4) is 0 Å². The second kappa shape index (κ2) is 6.04. The van der Waals surface area contributed by atoms with Crippen LogP contribution in [0.4, 0.5) is 0 Å². The van der Waals surface area contributed by atoms with Crippen LogP contribution < -0.4 is 0 Å². The summed E-state index contributed by atoms with van der Waals surface area (Å²) in [5, 5.41) is 10.7. The SMILES string of the molecule is C1=CC(c2ccccc2)(c2ccccn2)Cc2[nH]nc(-c3nccs3)c21. The summed E-state index contributed by atoms with van der Waals surface area (Å²) in [6, 6.07) is 16.6. The standard InChI is InChI=1S/C21H16N4S/c1-2-6-15(7-3-1)21(18-8-4-5-11-22-18)10-9-16-17(14-21)24-25-19(16)20-23-12-13-26-20/h1-13H,14H2,(H,24,25). The fraction of sp³-hybridized carbons (Fsp3) is 0.0952. The van der Waals surface area contributed by atoms with Gasteiger partial charge in [-0.2, -0.15) is 5.10 Å². The van der Waals surface area contributed by atoms with Crippen molar-refractivity contribution in [1.29, 1.82) is 0 Å². The maximum absolute atomic E-state index is 4.68. The Hall–Kier alpha value is -3.05. The molecule has 5 rings (SSSR count). The highest BCUT2D eigenvalue weighted by molar-refractivity contribution is 7.13. The first-order valence-corrected chi connectivity index (χ1v) is 9.38. The predicted octanol–water partition coefficient (Wildman–Crippen LogP) is 4.48. The zero-order chi connectivity index (χ0) is 17.4. The van der Waals surface area contributed by atoms with Crippen LogP contribution in [0.2, 0.25) is 0 Å². The van der Waals surface area contributed by atoms with Gasteiger partial charge in [-0.05, 0) is 17.7 Å². The number of benzene rings is 1. The zero-order valence-electron chi connectivity index (χ0n) is 14.0. The maximum Gasteiger partial charge on any atom is 0.144 e. The van der Waals surface area contributed by atoms with Crippen molar-refractivity contribution in [3.63, 3.8) is 0 Å². The van der Waals surface area contributed by atoms with E-state index in [4.69, 9.17) is 0 Å². The smallest absolute Gasteiger partial charge is 0.144 e. The molecule has 0 spiro atoms. The van der Waals surface area contributed by atoms with Gasteiger partial charge in [-0.3, -0.25) is 10.1 Å². The number of nitrogens with zero attached hydrogens (tertiary/aromatic N) is 3. The number of fused-ring (bicyclic) bond motifs is 1. The molecule has 4 nitrogen and oxygen atoms in total. The lowest BCUT2D eigenvalue weighted by Gasteiger charge is -2.33. The molecule has 1 N–H and O–H groups in total. The van der Waals surface area contributed by atoms with Crippen LogP contribution in [0.15, 0.2) is 72.4 Å². The van der Waals surface area contributed by atoms with E-state index in [1.54, 1.807) is 11.3 Å². The first-order valence-electron chi connectivity index (χ1n) is 8.50. The summed E-state index contributed by atoms with van der Waals surface area (Å²) in [7, 11) is 0. The van der Waals surface area contributed by atoms with Crippen molar-refractivity contribution in [2.24, 2.45) is 0 Å². The molecule has 3 aromatic heterocycles. The molecule has 1 aliphatic carbocycles. The number of allylic oxidation sites excluding steroid dienone is 1. The fourth-order valence-corrected chi connectivity index (χ4v) is 4.29. The van der Waals surface area contributed by atoms with E-state index in [2.05, 4.69) is 62.6 Å². The average molecular weight is 356 g/mol. The van der Waals surface area contributed by atoms with Crippen molar-refractivity contribution in [3.8, 4) is 10.7 Å². The second-order valence-electron chi connectivity index (χ2n) is 6.36. The molecule has 0 aliphatic heterocycles. The van der Waals surface area contributed by atoms with Crippen LogP contribution in [-0.4, -0.2) is 20.2 Å². The number of aromatic nitrogens is 4. The van der Waals surface area contributed by atoms with Crippen LogP contribution >= 0.6 is 11.3 Å². The van der Waals surface area contributed by atoms with Gasteiger partial charge in [0.05, 0.1) is 11.1 Å². The Morgan fingerprint density at radius 1 is 0.962 bits per heavy atom. The van der Waals surface area contributed by atoms with Crippen LogP contribution in [0.25, 0.3) is 16.8 Å². The maximum atomic E-state index is 4.68. The van der Waals surface area contributed by atoms with E-state index < -0.39 is 0 Å². The lowest BCUT2D eigenvalue weighted by Crippen LogP contribution is -2.31. The van der Waals surface area contributed by atoms with Crippen LogP contribution in [-0.2, 0) is 11.8 Å². The normalized spacial score (nSPS) is 18.6. The Balaban J connectivity index is 1.67. The third-order valence-corrected chi connectivity index (χ3v) is 5.70. The minimum absolute atomic E-state index is 0.303. The lowest BCUT2D eigenvalue weighted by atomic mass is 9.70. The van der Waals surface area contributed by atoms with E-state index in [-0.39, 0.29) is 5.41 Å². The van der Waals surface area contributed by atoms with Gasteiger partial charge < -0.3 is 0 Å². The molecule has 3 heterocycles. The molecule has 0 saturated heterocycles. The quantitative estimate of drug-likeness (QED) is 0.589. The molecule has 4 aromatic rings. The van der Waals surface area contributed by atoms with Gasteiger partial charge in [0.2, 0.25) is 0 Å². The van der Waals surface area contributed by atoms with Gasteiger partial charge in [-0.25, -0.2) is 4.98 Å². The van der Waals surface area contributed by atoms with Crippen molar-refractivity contribution in [2.75, 3.05) is 0 Å². The van der Waals surface area contributed by atoms with Gasteiger partial charge in [-0.1, -0.05) is 48.6 Å².